The minimum absolute atomic E-state index is 0.0774. The lowest BCUT2D eigenvalue weighted by Gasteiger charge is -2.14. The Morgan fingerprint density at radius 2 is 2.23 bits per heavy atom. The van der Waals surface area contributed by atoms with Gasteiger partial charge in [0.15, 0.2) is 5.65 Å². The van der Waals surface area contributed by atoms with Crippen LogP contribution in [0.5, 0.6) is 0 Å². The molecule has 0 aliphatic carbocycles. The Balaban J connectivity index is 1.86. The summed E-state index contributed by atoms with van der Waals surface area (Å²) >= 11 is 0. The number of nitrogen functional groups attached to an aromatic ring is 1. The number of aliphatic hydroxyl groups is 2. The number of nitrogens with two attached hydrogens (primary N) is 1. The number of halogens is 3. The summed E-state index contributed by atoms with van der Waals surface area (Å²) < 4.78 is 43.6. The SMILES string of the molecule is Nc1nc2c(c(C#CCNCC(=O)C(F)(F)F)cn2C2CC(O)C(CO)O2)c(=O)[nH]1. The van der Waals surface area contributed by atoms with Crippen LogP contribution in [0.1, 0.15) is 18.2 Å². The number of hydrogen-bond acceptors (Lipinski definition) is 8. The minimum Gasteiger partial charge on any atom is -0.394 e. The molecule has 1 fully saturated rings. The molecule has 13 heteroatoms. The van der Waals surface area contributed by atoms with Gasteiger partial charge in [-0.2, -0.15) is 18.2 Å². The van der Waals surface area contributed by atoms with Crippen molar-refractivity contribution in [1.82, 2.24) is 19.9 Å². The number of carbonyl (C=O) groups excluding carboxylic acids is 1. The molecule has 30 heavy (non-hydrogen) atoms. The molecule has 0 bridgehead atoms. The Kier molecular flexibility index (Phi) is 6.13. The van der Waals surface area contributed by atoms with E-state index in [1.807, 2.05) is 0 Å². The Morgan fingerprint density at radius 1 is 1.50 bits per heavy atom. The molecule has 3 atom stereocenters. The molecule has 2 aromatic rings. The summed E-state index contributed by atoms with van der Waals surface area (Å²) in [4.78, 5) is 29.6. The molecule has 1 aliphatic heterocycles. The fourth-order valence-corrected chi connectivity index (χ4v) is 3.02. The van der Waals surface area contributed by atoms with E-state index < -0.39 is 49.1 Å². The molecule has 0 amide bonds. The van der Waals surface area contributed by atoms with Crippen molar-refractivity contribution in [3.8, 4) is 11.8 Å². The van der Waals surface area contributed by atoms with Crippen molar-refractivity contribution >= 4 is 22.8 Å². The van der Waals surface area contributed by atoms with E-state index in [4.69, 9.17) is 10.5 Å². The van der Waals surface area contributed by atoms with Crippen molar-refractivity contribution in [3.63, 3.8) is 0 Å². The lowest BCUT2D eigenvalue weighted by atomic mass is 10.2. The van der Waals surface area contributed by atoms with Crippen molar-refractivity contribution in [3.05, 3.63) is 22.1 Å². The first-order chi connectivity index (χ1) is 14.1. The average molecular weight is 429 g/mol. The van der Waals surface area contributed by atoms with E-state index in [0.717, 1.165) is 0 Å². The van der Waals surface area contributed by atoms with Crippen LogP contribution >= 0.6 is 0 Å². The predicted molar refractivity (Wildman–Crippen MR) is 97.2 cm³/mol. The third-order valence-corrected chi connectivity index (χ3v) is 4.43. The van der Waals surface area contributed by atoms with E-state index in [2.05, 4.69) is 27.1 Å². The monoisotopic (exact) mass is 429 g/mol. The number of anilines is 1. The molecule has 0 saturated carbocycles. The molecule has 0 spiro atoms. The van der Waals surface area contributed by atoms with E-state index in [1.165, 1.54) is 10.8 Å². The van der Waals surface area contributed by atoms with E-state index in [9.17, 15) is 33.0 Å². The number of aromatic nitrogens is 3. The van der Waals surface area contributed by atoms with E-state index >= 15 is 0 Å². The van der Waals surface area contributed by atoms with Gasteiger partial charge in [-0.15, -0.1) is 0 Å². The van der Waals surface area contributed by atoms with Crippen LogP contribution in [0, 0.1) is 11.8 Å². The number of aliphatic hydroxyl groups excluding tert-OH is 2. The third-order valence-electron chi connectivity index (χ3n) is 4.43. The van der Waals surface area contributed by atoms with Gasteiger partial charge in [0.05, 0.1) is 36.8 Å². The van der Waals surface area contributed by atoms with Gasteiger partial charge in [0.2, 0.25) is 11.7 Å². The van der Waals surface area contributed by atoms with Gasteiger partial charge < -0.3 is 25.3 Å². The van der Waals surface area contributed by atoms with Crippen LogP contribution < -0.4 is 16.6 Å². The summed E-state index contributed by atoms with van der Waals surface area (Å²) in [6.45, 7) is -1.56. The molecule has 162 valence electrons. The first-order valence-electron chi connectivity index (χ1n) is 8.76. The fraction of sp³-hybridized carbons (Fsp3) is 0.471. The highest BCUT2D eigenvalue weighted by Crippen LogP contribution is 2.32. The maximum atomic E-state index is 12.3. The van der Waals surface area contributed by atoms with Gasteiger partial charge >= 0.3 is 6.18 Å². The number of H-pyrrole nitrogens is 1. The zero-order chi connectivity index (χ0) is 22.1. The quantitative estimate of drug-likeness (QED) is 0.300. The van der Waals surface area contributed by atoms with Crippen molar-refractivity contribution in [1.29, 1.82) is 0 Å². The van der Waals surface area contributed by atoms with Gasteiger partial charge in [-0.05, 0) is 0 Å². The number of ketones is 1. The van der Waals surface area contributed by atoms with Crippen molar-refractivity contribution in [2.45, 2.75) is 31.0 Å². The second-order valence-corrected chi connectivity index (χ2v) is 6.54. The second kappa shape index (κ2) is 8.44. The molecule has 3 heterocycles. The summed E-state index contributed by atoms with van der Waals surface area (Å²) in [5.41, 5.74) is 5.36. The zero-order valence-corrected chi connectivity index (χ0v) is 15.4. The molecular formula is C17H18F3N5O5. The normalized spacial score (nSPS) is 21.6. The topological polar surface area (TPSA) is 155 Å². The minimum atomic E-state index is -4.93. The highest BCUT2D eigenvalue weighted by atomic mass is 19.4. The largest absolute Gasteiger partial charge is 0.451 e. The zero-order valence-electron chi connectivity index (χ0n) is 15.4. The first kappa shape index (κ1) is 21.8. The van der Waals surface area contributed by atoms with Crippen LogP contribution in [0.15, 0.2) is 11.0 Å². The number of alkyl halides is 3. The summed E-state index contributed by atoms with van der Waals surface area (Å²) in [6.07, 6.45) is -5.84. The summed E-state index contributed by atoms with van der Waals surface area (Å²) in [5.74, 6) is 3.11. The molecular weight excluding hydrogens is 411 g/mol. The number of nitrogens with one attached hydrogen (secondary N) is 2. The molecule has 1 saturated heterocycles. The molecule has 0 aromatic carbocycles. The van der Waals surface area contributed by atoms with Gasteiger partial charge in [0, 0.05) is 12.6 Å². The first-order valence-corrected chi connectivity index (χ1v) is 8.76. The summed E-state index contributed by atoms with van der Waals surface area (Å²) in [5, 5.41) is 21.5. The van der Waals surface area contributed by atoms with Crippen molar-refractivity contribution in [2.24, 2.45) is 0 Å². The van der Waals surface area contributed by atoms with Crippen molar-refractivity contribution in [2.75, 3.05) is 25.4 Å². The predicted octanol–water partition coefficient (Wildman–Crippen LogP) is -0.980. The Morgan fingerprint density at radius 3 is 2.87 bits per heavy atom. The Hall–Kier alpha value is -2.92. The molecule has 3 unspecified atom stereocenters. The number of ether oxygens (including phenoxy) is 1. The smallest absolute Gasteiger partial charge is 0.394 e. The van der Waals surface area contributed by atoms with Crippen molar-refractivity contribution < 1.29 is 32.9 Å². The molecule has 1 aliphatic rings. The Bertz CT molecular complexity index is 1070. The van der Waals surface area contributed by atoms with Gasteiger partial charge in [0.1, 0.15) is 12.3 Å². The van der Waals surface area contributed by atoms with Gasteiger partial charge in [-0.1, -0.05) is 11.8 Å². The van der Waals surface area contributed by atoms with Crippen LogP contribution in [-0.4, -0.2) is 68.6 Å². The molecule has 0 radical (unpaired) electrons. The molecule has 3 rings (SSSR count). The average Bonchev–Trinajstić information content (AvgIpc) is 3.20. The maximum absolute atomic E-state index is 12.3. The van der Waals surface area contributed by atoms with Crippen LogP contribution in [0.3, 0.4) is 0 Å². The summed E-state index contributed by atoms with van der Waals surface area (Å²) in [7, 11) is 0. The lowest BCUT2D eigenvalue weighted by Crippen LogP contribution is -2.33. The van der Waals surface area contributed by atoms with E-state index in [-0.39, 0.29) is 35.5 Å². The lowest BCUT2D eigenvalue weighted by molar-refractivity contribution is -0.169. The highest BCUT2D eigenvalue weighted by Gasteiger charge is 2.37. The maximum Gasteiger partial charge on any atom is 0.451 e. The number of rotatable bonds is 5. The number of nitrogens with zero attached hydrogens (tertiary/aromatic N) is 2. The molecule has 2 aromatic heterocycles. The van der Waals surface area contributed by atoms with Gasteiger partial charge in [-0.3, -0.25) is 19.9 Å². The number of Topliss-reactive ketones (excluding diaryl/α,β-unsaturated/α-hetero) is 1. The third kappa shape index (κ3) is 4.46. The number of aromatic amines is 1. The fourth-order valence-electron chi connectivity index (χ4n) is 3.02. The molecule has 10 nitrogen and oxygen atoms in total. The van der Waals surface area contributed by atoms with Crippen LogP contribution in [0.25, 0.3) is 11.0 Å². The number of hydrogen-bond donors (Lipinski definition) is 5. The summed E-state index contributed by atoms with van der Waals surface area (Å²) in [6, 6.07) is 0. The second-order valence-electron chi connectivity index (χ2n) is 6.54. The van der Waals surface area contributed by atoms with Crippen LogP contribution in [0.2, 0.25) is 0 Å². The van der Waals surface area contributed by atoms with Gasteiger partial charge in [-0.25, -0.2) is 0 Å². The van der Waals surface area contributed by atoms with Crippen LogP contribution in [0.4, 0.5) is 19.1 Å². The molecule has 6 N–H and O–H groups in total. The van der Waals surface area contributed by atoms with Crippen LogP contribution in [-0.2, 0) is 9.53 Å². The van der Waals surface area contributed by atoms with E-state index in [0.29, 0.717) is 0 Å². The number of fused-ring (bicyclic) bond motifs is 1. The highest BCUT2D eigenvalue weighted by molar-refractivity contribution is 5.86. The Labute approximate surface area is 166 Å². The van der Waals surface area contributed by atoms with Gasteiger partial charge in [0.25, 0.3) is 5.56 Å². The standard InChI is InChI=1S/C17H18F3N5O5/c18-17(19,20)11(28)5-22-3-1-2-8-6-25(12-4-9(27)10(7-26)30-12)14-13(8)15(29)24-16(21)23-14/h6,9-10,12,22,26-27H,3-5,7H2,(H3,21,23,24,29). The number of carbonyl (C=O) groups is 1. The van der Waals surface area contributed by atoms with E-state index in [1.54, 1.807) is 0 Å².